The molecule has 8 nitrogen and oxygen atoms in total. The van der Waals surface area contributed by atoms with Crippen molar-refractivity contribution in [3.05, 3.63) is 41.5 Å². The van der Waals surface area contributed by atoms with Gasteiger partial charge in [-0.2, -0.15) is 0 Å². The van der Waals surface area contributed by atoms with Crippen molar-refractivity contribution < 1.29 is 14.3 Å². The molecule has 1 amide bonds. The fraction of sp³-hybridized carbons (Fsp3) is 0.609. The van der Waals surface area contributed by atoms with E-state index in [-0.39, 0.29) is 11.9 Å². The molecule has 31 heavy (non-hydrogen) atoms. The third-order valence-corrected chi connectivity index (χ3v) is 6.62. The summed E-state index contributed by atoms with van der Waals surface area (Å²) in [5, 5.41) is 12.2. The molecule has 1 N–H and O–H groups in total. The van der Waals surface area contributed by atoms with Crippen molar-refractivity contribution in [1.82, 2.24) is 25.0 Å². The van der Waals surface area contributed by atoms with Crippen LogP contribution in [-0.4, -0.2) is 64.5 Å². The number of carbonyl (C=O) groups excluding carboxylic acids is 1. The number of rotatable bonds is 4. The molecule has 1 saturated heterocycles. The zero-order valence-electron chi connectivity index (χ0n) is 18.0. The molecule has 3 aliphatic heterocycles. The number of para-hydroxylation sites is 1. The van der Waals surface area contributed by atoms with E-state index in [2.05, 4.69) is 31.0 Å². The number of carbonyl (C=O) groups is 1. The topological polar surface area (TPSA) is 81.5 Å². The number of nitrogens with zero attached hydrogens (tertiary/aromatic N) is 4. The Labute approximate surface area is 182 Å². The number of nitrogens with one attached hydrogen (secondary N) is 1. The highest BCUT2D eigenvalue weighted by molar-refractivity contribution is 5.78. The van der Waals surface area contributed by atoms with Crippen LogP contribution in [0.25, 0.3) is 0 Å². The summed E-state index contributed by atoms with van der Waals surface area (Å²) in [5.74, 6) is 3.62. The van der Waals surface area contributed by atoms with Crippen LogP contribution in [0, 0.1) is 0 Å². The second-order valence-corrected chi connectivity index (χ2v) is 8.77. The molecule has 166 valence electrons. The quantitative estimate of drug-likeness (QED) is 0.806. The molecule has 5 rings (SSSR count). The van der Waals surface area contributed by atoms with E-state index >= 15 is 0 Å². The molecule has 1 atom stereocenters. The zero-order chi connectivity index (χ0) is 21.0. The summed E-state index contributed by atoms with van der Waals surface area (Å²) in [7, 11) is 0. The fourth-order valence-corrected chi connectivity index (χ4v) is 4.90. The van der Waals surface area contributed by atoms with Gasteiger partial charge in [-0.3, -0.25) is 9.69 Å². The van der Waals surface area contributed by atoms with Gasteiger partial charge in [0.15, 0.2) is 0 Å². The van der Waals surface area contributed by atoms with Crippen LogP contribution in [0.3, 0.4) is 0 Å². The summed E-state index contributed by atoms with van der Waals surface area (Å²) in [6.07, 6.45) is 4.70. The third kappa shape index (κ3) is 4.75. The van der Waals surface area contributed by atoms with Crippen molar-refractivity contribution in [3.8, 4) is 5.75 Å². The van der Waals surface area contributed by atoms with E-state index in [1.54, 1.807) is 0 Å². The molecule has 3 aliphatic rings. The van der Waals surface area contributed by atoms with Gasteiger partial charge in [0.2, 0.25) is 5.91 Å². The Kier molecular flexibility index (Phi) is 6.18. The largest absolute Gasteiger partial charge is 0.492 e. The molecular weight excluding hydrogens is 394 g/mol. The first-order chi connectivity index (χ1) is 15.3. The van der Waals surface area contributed by atoms with Crippen molar-refractivity contribution in [1.29, 1.82) is 0 Å². The number of amides is 1. The van der Waals surface area contributed by atoms with Crippen molar-refractivity contribution in [3.63, 3.8) is 0 Å². The van der Waals surface area contributed by atoms with Crippen molar-refractivity contribution >= 4 is 5.91 Å². The van der Waals surface area contributed by atoms with Crippen LogP contribution in [0.2, 0.25) is 0 Å². The van der Waals surface area contributed by atoms with E-state index in [9.17, 15) is 4.79 Å². The minimum atomic E-state index is 0.0895. The van der Waals surface area contributed by atoms with Gasteiger partial charge in [0.1, 0.15) is 24.0 Å². The number of hydrogen-bond donors (Lipinski definition) is 1. The van der Waals surface area contributed by atoms with E-state index in [0.717, 1.165) is 87.9 Å². The molecular formula is C23H31N5O3. The van der Waals surface area contributed by atoms with Gasteiger partial charge in [-0.1, -0.05) is 18.2 Å². The van der Waals surface area contributed by atoms with Gasteiger partial charge < -0.3 is 19.4 Å². The first-order valence-corrected chi connectivity index (χ1v) is 11.5. The molecule has 0 saturated carbocycles. The number of aryl methyl sites for hydroxylation is 1. The highest BCUT2D eigenvalue weighted by Gasteiger charge is 2.27. The summed E-state index contributed by atoms with van der Waals surface area (Å²) in [6, 6.07) is 8.25. The van der Waals surface area contributed by atoms with Crippen LogP contribution in [0.5, 0.6) is 5.75 Å². The van der Waals surface area contributed by atoms with Crippen LogP contribution in [-0.2, 0) is 29.0 Å². The maximum Gasteiger partial charge on any atom is 0.234 e. The lowest BCUT2D eigenvalue weighted by molar-refractivity contribution is -0.123. The van der Waals surface area contributed by atoms with Gasteiger partial charge >= 0.3 is 0 Å². The highest BCUT2D eigenvalue weighted by atomic mass is 16.5. The van der Waals surface area contributed by atoms with E-state index in [1.165, 1.54) is 0 Å². The van der Waals surface area contributed by atoms with Crippen LogP contribution in [0.4, 0.5) is 0 Å². The minimum absolute atomic E-state index is 0.0895. The van der Waals surface area contributed by atoms with E-state index in [0.29, 0.717) is 19.1 Å². The summed E-state index contributed by atoms with van der Waals surface area (Å²) < 4.78 is 13.6. The maximum atomic E-state index is 12.8. The maximum absolute atomic E-state index is 12.8. The Balaban J connectivity index is 1.16. The van der Waals surface area contributed by atoms with Crippen LogP contribution in [0.1, 0.15) is 48.8 Å². The Morgan fingerprint density at radius 3 is 2.84 bits per heavy atom. The monoisotopic (exact) mass is 425 g/mol. The first kappa shape index (κ1) is 20.5. The molecule has 0 spiro atoms. The number of hydrogen-bond acceptors (Lipinski definition) is 6. The predicted molar refractivity (Wildman–Crippen MR) is 115 cm³/mol. The van der Waals surface area contributed by atoms with Gasteiger partial charge in [0.25, 0.3) is 0 Å². The van der Waals surface area contributed by atoms with Crippen molar-refractivity contribution in [2.75, 3.05) is 32.9 Å². The normalized spacial score (nSPS) is 22.5. The average Bonchev–Trinajstić information content (AvgIpc) is 2.94. The second kappa shape index (κ2) is 9.36. The lowest BCUT2D eigenvalue weighted by Crippen LogP contribution is -2.42. The van der Waals surface area contributed by atoms with E-state index < -0.39 is 0 Å². The molecule has 1 aromatic heterocycles. The van der Waals surface area contributed by atoms with Crippen molar-refractivity contribution in [2.45, 2.75) is 57.2 Å². The molecule has 4 heterocycles. The average molecular weight is 426 g/mol. The summed E-state index contributed by atoms with van der Waals surface area (Å²) in [6.45, 7) is 4.97. The first-order valence-electron chi connectivity index (χ1n) is 11.5. The Bertz CT molecular complexity index is 908. The summed E-state index contributed by atoms with van der Waals surface area (Å²) in [4.78, 5) is 15.0. The van der Waals surface area contributed by atoms with Gasteiger partial charge in [0, 0.05) is 56.8 Å². The second-order valence-electron chi connectivity index (χ2n) is 8.77. The number of aromatic nitrogens is 3. The van der Waals surface area contributed by atoms with Gasteiger partial charge in [-0.15, -0.1) is 10.2 Å². The van der Waals surface area contributed by atoms with Crippen LogP contribution < -0.4 is 10.1 Å². The molecule has 8 heteroatoms. The Hall–Kier alpha value is -2.45. The lowest BCUT2D eigenvalue weighted by Gasteiger charge is -2.23. The molecule has 1 fully saturated rings. The van der Waals surface area contributed by atoms with Crippen molar-refractivity contribution in [2.24, 2.45) is 0 Å². The SMILES string of the molecule is O=C(CN1CCOc2ccccc2C1)NC1CCc2nnc(C3CCOCC3)n2CC1. The minimum Gasteiger partial charge on any atom is -0.492 e. The smallest absolute Gasteiger partial charge is 0.234 e. The molecule has 0 bridgehead atoms. The molecule has 1 unspecified atom stereocenters. The summed E-state index contributed by atoms with van der Waals surface area (Å²) in [5.41, 5.74) is 1.14. The van der Waals surface area contributed by atoms with Gasteiger partial charge in [-0.05, 0) is 31.7 Å². The van der Waals surface area contributed by atoms with Gasteiger partial charge in [0.05, 0.1) is 6.54 Å². The number of benzene rings is 1. The molecule has 0 radical (unpaired) electrons. The molecule has 1 aromatic carbocycles. The zero-order valence-corrected chi connectivity index (χ0v) is 18.0. The van der Waals surface area contributed by atoms with E-state index in [4.69, 9.17) is 9.47 Å². The lowest BCUT2D eigenvalue weighted by atomic mass is 9.99. The highest BCUT2D eigenvalue weighted by Crippen LogP contribution is 2.28. The Morgan fingerprint density at radius 1 is 1.06 bits per heavy atom. The molecule has 0 aliphatic carbocycles. The molecule has 2 aromatic rings. The number of fused-ring (bicyclic) bond motifs is 2. The van der Waals surface area contributed by atoms with Crippen LogP contribution >= 0.6 is 0 Å². The Morgan fingerprint density at radius 2 is 1.94 bits per heavy atom. The third-order valence-electron chi connectivity index (χ3n) is 6.62. The van der Waals surface area contributed by atoms with Gasteiger partial charge in [-0.25, -0.2) is 0 Å². The fourth-order valence-electron chi connectivity index (χ4n) is 4.90. The predicted octanol–water partition coefficient (Wildman–Crippen LogP) is 1.89. The van der Waals surface area contributed by atoms with E-state index in [1.807, 2.05) is 18.2 Å². The summed E-state index contributed by atoms with van der Waals surface area (Å²) >= 11 is 0. The number of ether oxygens (including phenoxy) is 2. The standard InChI is InChI=1S/C23H31N5O3/c29-22(16-27-11-14-31-20-4-2-1-3-18(20)15-27)24-19-5-6-21-25-26-23(28(21)10-7-19)17-8-12-30-13-9-17/h1-4,17,19H,5-16H2,(H,24,29). The van der Waals surface area contributed by atoms with Crippen LogP contribution in [0.15, 0.2) is 24.3 Å².